The monoisotopic (exact) mass is 334 g/mol. The van der Waals surface area contributed by atoms with E-state index in [0.717, 1.165) is 24.8 Å². The van der Waals surface area contributed by atoms with Crippen molar-refractivity contribution in [1.29, 1.82) is 10.9 Å². The molecule has 0 saturated carbocycles. The average molecular weight is 334 g/mol. The summed E-state index contributed by atoms with van der Waals surface area (Å²) in [5.74, 6) is 0.236. The fraction of sp³-hybridized carbons (Fsp3) is 0.300. The molecule has 0 aliphatic heterocycles. The Balaban J connectivity index is 1.68. The molecule has 5 nitrogen and oxygen atoms in total. The summed E-state index contributed by atoms with van der Waals surface area (Å²) >= 11 is 0. The van der Waals surface area contributed by atoms with Crippen LogP contribution in [0.25, 0.3) is 0 Å². The number of ketones is 1. The van der Waals surface area contributed by atoms with Crippen LogP contribution in [0.15, 0.2) is 59.8 Å². The van der Waals surface area contributed by atoms with E-state index < -0.39 is 0 Å². The normalized spacial score (nSPS) is 15.9. The maximum absolute atomic E-state index is 12.2. The molecule has 0 saturated heterocycles. The number of aryl methyl sites for hydroxylation is 1. The van der Waals surface area contributed by atoms with Gasteiger partial charge in [0.15, 0.2) is 5.78 Å². The molecule has 1 unspecified atom stereocenters. The quantitative estimate of drug-likeness (QED) is 0.258. The van der Waals surface area contributed by atoms with Crippen molar-refractivity contribution in [1.82, 2.24) is 5.01 Å². The van der Waals surface area contributed by atoms with Gasteiger partial charge < -0.3 is 0 Å². The fourth-order valence-corrected chi connectivity index (χ4v) is 3.42. The topological polar surface area (TPSA) is 80.4 Å². The highest BCUT2D eigenvalue weighted by Gasteiger charge is 2.27. The molecule has 2 aromatic carbocycles. The van der Waals surface area contributed by atoms with Gasteiger partial charge in [-0.15, -0.1) is 0 Å². The number of fused-ring (bicyclic) bond motifs is 1. The lowest BCUT2D eigenvalue weighted by Gasteiger charge is -2.32. The molecule has 0 spiro atoms. The Kier molecular flexibility index (Phi) is 5.33. The molecule has 25 heavy (non-hydrogen) atoms. The molecule has 0 bridgehead atoms. The van der Waals surface area contributed by atoms with Crippen LogP contribution < -0.4 is 0 Å². The molecule has 0 aromatic heterocycles. The zero-order valence-corrected chi connectivity index (χ0v) is 14.1. The number of Topliss-reactive ketones (excluding diaryl/α,β-unsaturated/α-hetero) is 1. The van der Waals surface area contributed by atoms with Crippen molar-refractivity contribution >= 4 is 11.6 Å². The molecule has 1 aliphatic rings. The molecule has 2 N–H and O–H groups in total. The molecular formula is C20H22N4O. The van der Waals surface area contributed by atoms with E-state index in [4.69, 9.17) is 10.9 Å². The number of carbonyl (C=O) groups is 1. The van der Waals surface area contributed by atoms with E-state index in [1.54, 1.807) is 12.1 Å². The summed E-state index contributed by atoms with van der Waals surface area (Å²) in [7, 11) is 0. The van der Waals surface area contributed by atoms with Crippen LogP contribution in [-0.4, -0.2) is 16.6 Å². The minimum absolute atomic E-state index is 0.0133. The van der Waals surface area contributed by atoms with Crippen LogP contribution in [0.3, 0.4) is 0 Å². The highest BCUT2D eigenvalue weighted by Crippen LogP contribution is 2.34. The number of carbonyl (C=O) groups excluding carboxylic acids is 1. The summed E-state index contributed by atoms with van der Waals surface area (Å²) < 4.78 is 0. The second kappa shape index (κ2) is 7.83. The Labute approximate surface area is 147 Å². The second-order valence-corrected chi connectivity index (χ2v) is 6.29. The molecule has 5 heteroatoms. The van der Waals surface area contributed by atoms with Gasteiger partial charge in [-0.05, 0) is 30.4 Å². The summed E-state index contributed by atoms with van der Waals surface area (Å²) in [4.78, 5) is 12.2. The predicted octanol–water partition coefficient (Wildman–Crippen LogP) is 4.95. The summed E-state index contributed by atoms with van der Waals surface area (Å²) in [5.41, 5.74) is 10.6. The maximum atomic E-state index is 12.2. The molecule has 3 rings (SSSR count). The third-order valence-electron chi connectivity index (χ3n) is 4.70. The van der Waals surface area contributed by atoms with Crippen molar-refractivity contribution in [2.45, 2.75) is 38.1 Å². The summed E-state index contributed by atoms with van der Waals surface area (Å²) in [6.45, 7) is 0. The lowest BCUT2D eigenvalue weighted by Crippen LogP contribution is -2.32. The molecule has 1 aliphatic carbocycles. The van der Waals surface area contributed by atoms with Crippen molar-refractivity contribution in [2.75, 3.05) is 0 Å². The summed E-state index contributed by atoms with van der Waals surface area (Å²) in [5, 5.41) is 13.4. The van der Waals surface area contributed by atoms with E-state index in [1.165, 1.54) is 10.6 Å². The molecule has 0 fully saturated rings. The Morgan fingerprint density at radius 3 is 2.56 bits per heavy atom. The highest BCUT2D eigenvalue weighted by atomic mass is 16.1. The summed E-state index contributed by atoms with van der Waals surface area (Å²) in [6, 6.07) is 17.2. The molecule has 128 valence electrons. The Bertz CT molecular complexity index is 772. The van der Waals surface area contributed by atoms with E-state index in [1.807, 2.05) is 30.3 Å². The molecule has 0 radical (unpaired) electrons. The third kappa shape index (κ3) is 3.82. The molecule has 1 atom stereocenters. The minimum Gasteiger partial charge on any atom is -0.294 e. The predicted molar refractivity (Wildman–Crippen MR) is 96.8 cm³/mol. The van der Waals surface area contributed by atoms with Gasteiger partial charge in [0.1, 0.15) is 5.84 Å². The van der Waals surface area contributed by atoms with Gasteiger partial charge in [0, 0.05) is 18.4 Å². The van der Waals surface area contributed by atoms with E-state index in [0.29, 0.717) is 5.56 Å². The van der Waals surface area contributed by atoms with E-state index in [-0.39, 0.29) is 30.5 Å². The Morgan fingerprint density at radius 1 is 1.08 bits per heavy atom. The van der Waals surface area contributed by atoms with Gasteiger partial charge in [0.2, 0.25) is 0 Å². The number of hydrogen-bond acceptors (Lipinski definition) is 4. The number of hydrogen-bond donors (Lipinski definition) is 2. The van der Waals surface area contributed by atoms with E-state index in [9.17, 15) is 4.79 Å². The van der Waals surface area contributed by atoms with Gasteiger partial charge in [0.05, 0.1) is 6.04 Å². The van der Waals surface area contributed by atoms with Crippen LogP contribution in [0.4, 0.5) is 0 Å². The van der Waals surface area contributed by atoms with Crippen molar-refractivity contribution < 1.29 is 4.79 Å². The molecule has 0 amide bonds. The lowest BCUT2D eigenvalue weighted by atomic mass is 9.87. The SMILES string of the molecule is N=NN(C(=N)CCC(=O)c1ccccc1)C1CCCc2ccccc21. The first-order chi connectivity index (χ1) is 12.2. The second-order valence-electron chi connectivity index (χ2n) is 6.29. The van der Waals surface area contributed by atoms with Gasteiger partial charge in [-0.1, -0.05) is 59.8 Å². The van der Waals surface area contributed by atoms with Gasteiger partial charge in [-0.25, -0.2) is 5.01 Å². The van der Waals surface area contributed by atoms with Gasteiger partial charge in [-0.3, -0.25) is 10.2 Å². The van der Waals surface area contributed by atoms with Crippen LogP contribution in [-0.2, 0) is 6.42 Å². The largest absolute Gasteiger partial charge is 0.294 e. The number of nitrogens with zero attached hydrogens (tertiary/aromatic N) is 2. The van der Waals surface area contributed by atoms with Crippen LogP contribution in [0.5, 0.6) is 0 Å². The first kappa shape index (κ1) is 17.0. The van der Waals surface area contributed by atoms with Gasteiger partial charge in [-0.2, -0.15) is 5.53 Å². The number of nitrogens with one attached hydrogen (secondary N) is 2. The van der Waals surface area contributed by atoms with E-state index >= 15 is 0 Å². The standard InChI is InChI=1S/C20H22N4O/c21-20(14-13-19(25)16-8-2-1-3-9-16)24(23-22)18-12-6-10-15-7-4-5-11-17(15)18/h1-5,7-9,11,18,21-22H,6,10,12-14H2. The van der Waals surface area contributed by atoms with Crippen molar-refractivity contribution in [3.05, 3.63) is 71.3 Å². The first-order valence-corrected chi connectivity index (χ1v) is 8.61. The third-order valence-corrected chi connectivity index (χ3v) is 4.70. The van der Waals surface area contributed by atoms with Gasteiger partial charge >= 0.3 is 0 Å². The molecule has 2 aromatic rings. The smallest absolute Gasteiger partial charge is 0.163 e. The van der Waals surface area contributed by atoms with Crippen LogP contribution in [0.1, 0.15) is 53.2 Å². The highest BCUT2D eigenvalue weighted by molar-refractivity contribution is 5.98. The van der Waals surface area contributed by atoms with Crippen molar-refractivity contribution in [3.8, 4) is 0 Å². The van der Waals surface area contributed by atoms with E-state index in [2.05, 4.69) is 17.4 Å². The average Bonchev–Trinajstić information content (AvgIpc) is 2.67. The van der Waals surface area contributed by atoms with Crippen LogP contribution >= 0.6 is 0 Å². The number of benzene rings is 2. The number of rotatable bonds is 6. The van der Waals surface area contributed by atoms with Gasteiger partial charge in [0.25, 0.3) is 0 Å². The number of amidine groups is 1. The zero-order chi connectivity index (χ0) is 17.6. The molecule has 0 heterocycles. The minimum atomic E-state index is -0.0817. The molecular weight excluding hydrogens is 312 g/mol. The lowest BCUT2D eigenvalue weighted by molar-refractivity contribution is 0.0983. The first-order valence-electron chi connectivity index (χ1n) is 8.61. The zero-order valence-electron chi connectivity index (χ0n) is 14.1. The fourth-order valence-electron chi connectivity index (χ4n) is 3.42. The summed E-state index contributed by atoms with van der Waals surface area (Å²) in [6.07, 6.45) is 3.45. The van der Waals surface area contributed by atoms with Crippen molar-refractivity contribution in [2.24, 2.45) is 5.22 Å². The van der Waals surface area contributed by atoms with Crippen molar-refractivity contribution in [3.63, 3.8) is 0 Å². The van der Waals surface area contributed by atoms with Crippen LogP contribution in [0, 0.1) is 10.9 Å². The Hall–Kier alpha value is -2.82. The Morgan fingerprint density at radius 2 is 1.80 bits per heavy atom. The van der Waals surface area contributed by atoms with Crippen LogP contribution in [0.2, 0.25) is 0 Å². The maximum Gasteiger partial charge on any atom is 0.163 e.